The van der Waals surface area contributed by atoms with Gasteiger partial charge in [0.05, 0.1) is 28.6 Å². The highest BCUT2D eigenvalue weighted by Gasteiger charge is 2.27. The van der Waals surface area contributed by atoms with Gasteiger partial charge in [-0.3, -0.25) is 14.8 Å². The Balaban J connectivity index is 1.59. The number of pyridine rings is 1. The molecule has 128 valence electrons. The molecule has 0 amide bonds. The zero-order valence-corrected chi connectivity index (χ0v) is 14.4. The maximum absolute atomic E-state index is 11.1. The number of carboxylic acid groups (broad SMARTS) is 1. The molecule has 3 aromatic rings. The first kappa shape index (κ1) is 16.0. The van der Waals surface area contributed by atoms with E-state index in [0.29, 0.717) is 12.8 Å². The minimum Gasteiger partial charge on any atom is -0.488 e. The Morgan fingerprint density at radius 3 is 2.68 bits per heavy atom. The van der Waals surface area contributed by atoms with E-state index < -0.39 is 5.97 Å². The third-order valence-electron chi connectivity index (χ3n) is 4.76. The van der Waals surface area contributed by atoms with Crippen LogP contribution in [0.2, 0.25) is 0 Å². The third-order valence-corrected chi connectivity index (χ3v) is 5.58. The van der Waals surface area contributed by atoms with Crippen molar-refractivity contribution in [2.24, 2.45) is 5.92 Å². The van der Waals surface area contributed by atoms with E-state index in [9.17, 15) is 4.79 Å². The van der Waals surface area contributed by atoms with Crippen molar-refractivity contribution in [1.29, 1.82) is 0 Å². The van der Waals surface area contributed by atoms with Gasteiger partial charge in [0.25, 0.3) is 0 Å². The number of ether oxygens (including phenoxy) is 1. The SMILES string of the molecule is O=C(O)C1CCC(Oc2cncc3ccc(-c4cncs4)cc23)CC1. The van der Waals surface area contributed by atoms with Crippen LogP contribution in [0.15, 0.2) is 42.3 Å². The summed E-state index contributed by atoms with van der Waals surface area (Å²) in [5.41, 5.74) is 2.94. The normalized spacial score (nSPS) is 20.5. The van der Waals surface area contributed by atoms with Gasteiger partial charge in [-0.15, -0.1) is 11.3 Å². The van der Waals surface area contributed by atoms with Crippen molar-refractivity contribution in [3.8, 4) is 16.2 Å². The van der Waals surface area contributed by atoms with Gasteiger partial charge in [0.2, 0.25) is 0 Å². The molecule has 0 unspecified atom stereocenters. The second-order valence-electron chi connectivity index (χ2n) is 6.37. The number of nitrogens with zero attached hydrogens (tertiary/aromatic N) is 2. The fraction of sp³-hybridized carbons (Fsp3) is 0.316. The van der Waals surface area contributed by atoms with Crippen LogP contribution in [0.1, 0.15) is 25.7 Å². The molecule has 0 radical (unpaired) electrons. The van der Waals surface area contributed by atoms with E-state index in [0.717, 1.165) is 39.8 Å². The molecule has 0 saturated heterocycles. The number of aromatic nitrogens is 2. The van der Waals surface area contributed by atoms with Crippen molar-refractivity contribution in [3.63, 3.8) is 0 Å². The van der Waals surface area contributed by atoms with Gasteiger partial charge in [-0.05, 0) is 37.3 Å². The lowest BCUT2D eigenvalue weighted by atomic mass is 9.87. The molecule has 0 atom stereocenters. The summed E-state index contributed by atoms with van der Waals surface area (Å²) in [6, 6.07) is 6.23. The van der Waals surface area contributed by atoms with E-state index in [2.05, 4.69) is 22.1 Å². The van der Waals surface area contributed by atoms with Crippen molar-refractivity contribution in [2.45, 2.75) is 31.8 Å². The molecule has 1 fully saturated rings. The molecule has 1 N–H and O–H groups in total. The molecule has 0 spiro atoms. The largest absolute Gasteiger partial charge is 0.488 e. The number of rotatable bonds is 4. The summed E-state index contributed by atoms with van der Waals surface area (Å²) in [6.07, 6.45) is 8.37. The average Bonchev–Trinajstić information content (AvgIpc) is 3.17. The summed E-state index contributed by atoms with van der Waals surface area (Å²) in [6.45, 7) is 0. The predicted octanol–water partition coefficient (Wildman–Crippen LogP) is 4.38. The van der Waals surface area contributed by atoms with Gasteiger partial charge in [-0.25, -0.2) is 0 Å². The summed E-state index contributed by atoms with van der Waals surface area (Å²) >= 11 is 1.61. The molecule has 6 heteroatoms. The third kappa shape index (κ3) is 3.35. The molecule has 1 aromatic carbocycles. The lowest BCUT2D eigenvalue weighted by Crippen LogP contribution is -2.27. The number of benzene rings is 1. The van der Waals surface area contributed by atoms with E-state index in [1.54, 1.807) is 17.5 Å². The van der Waals surface area contributed by atoms with Gasteiger partial charge in [0, 0.05) is 23.2 Å². The maximum atomic E-state index is 11.1. The van der Waals surface area contributed by atoms with Gasteiger partial charge >= 0.3 is 5.97 Å². The summed E-state index contributed by atoms with van der Waals surface area (Å²) in [5, 5.41) is 11.2. The minimum absolute atomic E-state index is 0.0510. The molecule has 0 aliphatic heterocycles. The van der Waals surface area contributed by atoms with Gasteiger partial charge in [0.15, 0.2) is 0 Å². The number of hydrogen-bond donors (Lipinski definition) is 1. The molecule has 1 saturated carbocycles. The first-order chi connectivity index (χ1) is 12.2. The van der Waals surface area contributed by atoms with Crippen molar-refractivity contribution in [2.75, 3.05) is 0 Å². The monoisotopic (exact) mass is 354 g/mol. The van der Waals surface area contributed by atoms with Crippen molar-refractivity contribution < 1.29 is 14.6 Å². The number of thiazole rings is 1. The molecule has 2 heterocycles. The fourth-order valence-electron chi connectivity index (χ4n) is 3.35. The molecule has 1 aliphatic rings. The van der Waals surface area contributed by atoms with Crippen LogP contribution < -0.4 is 4.74 Å². The molecule has 25 heavy (non-hydrogen) atoms. The van der Waals surface area contributed by atoms with Crippen LogP contribution in [-0.2, 0) is 4.79 Å². The van der Waals surface area contributed by atoms with Crippen LogP contribution in [0, 0.1) is 5.92 Å². The van der Waals surface area contributed by atoms with Gasteiger partial charge < -0.3 is 9.84 Å². The van der Waals surface area contributed by atoms with Crippen molar-refractivity contribution in [3.05, 3.63) is 42.3 Å². The first-order valence-corrected chi connectivity index (χ1v) is 9.25. The summed E-state index contributed by atoms with van der Waals surface area (Å²) < 4.78 is 6.20. The van der Waals surface area contributed by atoms with Crippen LogP contribution in [0.25, 0.3) is 21.2 Å². The quantitative estimate of drug-likeness (QED) is 0.753. The number of hydrogen-bond acceptors (Lipinski definition) is 5. The van der Waals surface area contributed by atoms with Crippen LogP contribution in [0.4, 0.5) is 0 Å². The Labute approximate surface area is 149 Å². The Morgan fingerprint density at radius 1 is 1.12 bits per heavy atom. The van der Waals surface area contributed by atoms with Gasteiger partial charge in [0.1, 0.15) is 5.75 Å². The zero-order valence-electron chi connectivity index (χ0n) is 13.6. The van der Waals surface area contributed by atoms with Gasteiger partial charge in [-0.2, -0.15) is 0 Å². The molecular formula is C19H18N2O3S. The van der Waals surface area contributed by atoms with E-state index in [-0.39, 0.29) is 12.0 Å². The topological polar surface area (TPSA) is 72.3 Å². The van der Waals surface area contributed by atoms with Gasteiger partial charge in [-0.1, -0.05) is 12.1 Å². The summed E-state index contributed by atoms with van der Waals surface area (Å²) in [4.78, 5) is 20.6. The predicted molar refractivity (Wildman–Crippen MR) is 96.9 cm³/mol. The number of aliphatic carboxylic acids is 1. The Hall–Kier alpha value is -2.47. The molecular weight excluding hydrogens is 336 g/mol. The summed E-state index contributed by atoms with van der Waals surface area (Å²) in [7, 11) is 0. The number of carbonyl (C=O) groups is 1. The maximum Gasteiger partial charge on any atom is 0.306 e. The number of carboxylic acids is 1. The smallest absolute Gasteiger partial charge is 0.306 e. The van der Waals surface area contributed by atoms with E-state index in [1.165, 1.54) is 0 Å². The van der Waals surface area contributed by atoms with Crippen LogP contribution >= 0.6 is 11.3 Å². The fourth-order valence-corrected chi connectivity index (χ4v) is 3.97. The molecule has 0 bridgehead atoms. The molecule has 1 aliphatic carbocycles. The summed E-state index contributed by atoms with van der Waals surface area (Å²) in [5.74, 6) is -0.162. The second kappa shape index (κ2) is 6.80. The first-order valence-electron chi connectivity index (χ1n) is 8.37. The lowest BCUT2D eigenvalue weighted by Gasteiger charge is -2.27. The van der Waals surface area contributed by atoms with Crippen molar-refractivity contribution in [1.82, 2.24) is 9.97 Å². The van der Waals surface area contributed by atoms with E-state index >= 15 is 0 Å². The standard InChI is InChI=1S/C19H18N2O3S/c22-19(23)12-3-5-15(6-4-12)24-17-9-20-8-14-2-1-13(7-16(14)17)18-10-21-11-25-18/h1-2,7-12,15H,3-6H2,(H,22,23). The highest BCUT2D eigenvalue weighted by molar-refractivity contribution is 7.13. The minimum atomic E-state index is -0.695. The Kier molecular flexibility index (Phi) is 4.36. The van der Waals surface area contributed by atoms with E-state index in [4.69, 9.17) is 9.84 Å². The van der Waals surface area contributed by atoms with Crippen LogP contribution in [-0.4, -0.2) is 27.1 Å². The highest BCUT2D eigenvalue weighted by atomic mass is 32.1. The Bertz CT molecular complexity index is 887. The second-order valence-corrected chi connectivity index (χ2v) is 7.26. The zero-order chi connectivity index (χ0) is 17.2. The van der Waals surface area contributed by atoms with Crippen molar-refractivity contribution >= 4 is 28.1 Å². The van der Waals surface area contributed by atoms with Crippen LogP contribution in [0.3, 0.4) is 0 Å². The molecule has 2 aromatic heterocycles. The lowest BCUT2D eigenvalue weighted by molar-refractivity contribution is -0.143. The number of fused-ring (bicyclic) bond motifs is 1. The average molecular weight is 354 g/mol. The molecule has 4 rings (SSSR count). The Morgan fingerprint density at radius 2 is 1.96 bits per heavy atom. The van der Waals surface area contributed by atoms with E-state index in [1.807, 2.05) is 24.0 Å². The molecule has 5 nitrogen and oxygen atoms in total. The highest BCUT2D eigenvalue weighted by Crippen LogP contribution is 2.34. The van der Waals surface area contributed by atoms with Crippen LogP contribution in [0.5, 0.6) is 5.75 Å².